The molecule has 0 atom stereocenters. The fourth-order valence-electron chi connectivity index (χ4n) is 4.99. The molecule has 4 rings (SSSR count). The third-order valence-corrected chi connectivity index (χ3v) is 7.35. The van der Waals surface area contributed by atoms with Crippen LogP contribution in [0.1, 0.15) is 63.0 Å². The summed E-state index contributed by atoms with van der Waals surface area (Å²) < 4.78 is 43.3. The van der Waals surface area contributed by atoms with Gasteiger partial charge >= 0.3 is 29.6 Å². The number of carboxylic acids is 1. The van der Waals surface area contributed by atoms with Crippen LogP contribution in [0.25, 0.3) is 16.6 Å². The molecule has 0 amide bonds. The molecule has 0 fully saturated rings. The zero-order valence-electron chi connectivity index (χ0n) is 29.0. The molecular weight excluding hydrogens is 647 g/mol. The van der Waals surface area contributed by atoms with Crippen LogP contribution in [0.5, 0.6) is 34.5 Å². The number of aliphatic carboxylic acids is 1. The number of rotatable bonds is 15. The summed E-state index contributed by atoms with van der Waals surface area (Å²) in [5.41, 5.74) is 1.60. The molecule has 1 aromatic heterocycles. The Bertz CT molecular complexity index is 1740. The SMILES string of the molecule is COc1cc(C(=O)/C(Cc2cc(OC(C)C)c(OC(C)C)c(OC(C)C)c2)=C(/C(=O)[O-])c2ccc3nsnc3c2)cc(OC)c1OC.[Na+]. The van der Waals surface area contributed by atoms with Crippen molar-refractivity contribution in [2.24, 2.45) is 0 Å². The molecule has 0 bridgehead atoms. The smallest absolute Gasteiger partial charge is 0.545 e. The number of hydrogen-bond acceptors (Lipinski definition) is 12. The first-order chi connectivity index (χ1) is 22.4. The molecular formula is C35H39N2NaO9S. The van der Waals surface area contributed by atoms with Gasteiger partial charge in [-0.05, 0) is 89.1 Å². The van der Waals surface area contributed by atoms with Crippen molar-refractivity contribution in [2.75, 3.05) is 21.3 Å². The van der Waals surface area contributed by atoms with Gasteiger partial charge in [0.05, 0.1) is 57.3 Å². The number of benzene rings is 3. The second kappa shape index (κ2) is 17.0. The van der Waals surface area contributed by atoms with E-state index in [4.69, 9.17) is 28.4 Å². The number of ketones is 1. The third kappa shape index (κ3) is 8.98. The maximum Gasteiger partial charge on any atom is 1.00 e. The monoisotopic (exact) mass is 686 g/mol. The zero-order chi connectivity index (χ0) is 34.4. The van der Waals surface area contributed by atoms with Gasteiger partial charge in [0.1, 0.15) is 11.0 Å². The number of ether oxygens (including phenoxy) is 6. The Morgan fingerprint density at radius 1 is 0.688 bits per heavy atom. The Morgan fingerprint density at radius 2 is 1.23 bits per heavy atom. The number of allylic oxidation sites excluding steroid dienone is 1. The maximum absolute atomic E-state index is 14.5. The minimum absolute atomic E-state index is 0. The summed E-state index contributed by atoms with van der Waals surface area (Å²) in [4.78, 5) is 27.5. The molecule has 0 aliphatic rings. The van der Waals surface area contributed by atoms with Gasteiger partial charge in [-0.1, -0.05) is 6.07 Å². The van der Waals surface area contributed by atoms with Crippen LogP contribution >= 0.6 is 11.7 Å². The Kier molecular flexibility index (Phi) is 13.7. The number of carboxylic acid groups (broad SMARTS) is 1. The Balaban J connectivity index is 0.00000625. The van der Waals surface area contributed by atoms with Gasteiger partial charge in [-0.3, -0.25) is 4.79 Å². The molecule has 0 radical (unpaired) electrons. The van der Waals surface area contributed by atoms with Gasteiger partial charge in [-0.2, -0.15) is 8.75 Å². The third-order valence-electron chi connectivity index (χ3n) is 6.79. The van der Waals surface area contributed by atoms with Gasteiger partial charge in [-0.15, -0.1) is 0 Å². The zero-order valence-corrected chi connectivity index (χ0v) is 31.8. The molecule has 0 N–H and O–H groups in total. The van der Waals surface area contributed by atoms with E-state index in [9.17, 15) is 14.7 Å². The van der Waals surface area contributed by atoms with E-state index in [-0.39, 0.29) is 93.8 Å². The number of methoxy groups -OCH3 is 3. The Labute approximate surface area is 306 Å². The summed E-state index contributed by atoms with van der Waals surface area (Å²) in [5, 5.41) is 13.0. The molecule has 0 saturated carbocycles. The summed E-state index contributed by atoms with van der Waals surface area (Å²) in [6.45, 7) is 11.3. The molecule has 0 unspecified atom stereocenters. The molecule has 0 aliphatic carbocycles. The van der Waals surface area contributed by atoms with E-state index in [2.05, 4.69) is 8.75 Å². The molecule has 11 nitrogen and oxygen atoms in total. The van der Waals surface area contributed by atoms with Crippen molar-refractivity contribution in [3.8, 4) is 34.5 Å². The average Bonchev–Trinajstić information content (AvgIpc) is 3.48. The average molecular weight is 687 g/mol. The quantitative estimate of drug-likeness (QED) is 0.104. The number of Topliss-reactive ketones (excluding diaryl/α,β-unsaturated/α-hetero) is 1. The summed E-state index contributed by atoms with van der Waals surface area (Å²) in [7, 11) is 4.31. The number of nitrogens with zero attached hydrogens (tertiary/aromatic N) is 2. The van der Waals surface area contributed by atoms with E-state index >= 15 is 0 Å². The van der Waals surface area contributed by atoms with Crippen molar-refractivity contribution in [1.29, 1.82) is 0 Å². The summed E-state index contributed by atoms with van der Waals surface area (Å²) in [5.74, 6) is -0.192. The van der Waals surface area contributed by atoms with Crippen LogP contribution in [-0.2, 0) is 11.2 Å². The van der Waals surface area contributed by atoms with Crippen LogP contribution in [0.4, 0.5) is 0 Å². The van der Waals surface area contributed by atoms with Crippen molar-refractivity contribution in [3.05, 3.63) is 64.7 Å². The molecule has 0 spiro atoms. The number of aromatic nitrogens is 2. The number of carbonyl (C=O) groups is 2. The maximum atomic E-state index is 14.5. The van der Waals surface area contributed by atoms with Gasteiger partial charge < -0.3 is 38.3 Å². The summed E-state index contributed by atoms with van der Waals surface area (Å²) in [6.07, 6.45) is -0.780. The van der Waals surface area contributed by atoms with E-state index in [1.165, 1.54) is 33.5 Å². The minimum atomic E-state index is -1.54. The molecule has 0 saturated heterocycles. The fraction of sp³-hybridized carbons (Fsp3) is 0.371. The van der Waals surface area contributed by atoms with Crippen molar-refractivity contribution in [3.63, 3.8) is 0 Å². The van der Waals surface area contributed by atoms with Crippen molar-refractivity contribution in [1.82, 2.24) is 8.75 Å². The predicted octanol–water partition coefficient (Wildman–Crippen LogP) is 2.71. The van der Waals surface area contributed by atoms with E-state index in [1.807, 2.05) is 41.5 Å². The molecule has 4 aromatic rings. The standard InChI is InChI=1S/C35H40N2O9S.Na/c1-18(2)44-29-13-21(14-30(45-19(3)4)34(29)46-20(5)6)12-24(31(35(39)40)22-10-11-25-26(15-22)37-47-36-25)32(38)23-16-27(41-7)33(43-9)28(17-23)42-8;/h10-11,13-20H,12H2,1-9H3,(H,39,40);/q;+1/p-1/b31-24+;. The van der Waals surface area contributed by atoms with Crippen LogP contribution < -0.4 is 63.1 Å². The van der Waals surface area contributed by atoms with Gasteiger partial charge in [0.25, 0.3) is 0 Å². The molecule has 3 aromatic carbocycles. The molecule has 0 aliphatic heterocycles. The van der Waals surface area contributed by atoms with Crippen LogP contribution in [-0.4, -0.2) is 60.1 Å². The first kappa shape index (κ1) is 38.6. The van der Waals surface area contributed by atoms with Crippen molar-refractivity contribution >= 4 is 40.1 Å². The predicted molar refractivity (Wildman–Crippen MR) is 177 cm³/mol. The van der Waals surface area contributed by atoms with E-state index in [0.717, 1.165) is 11.7 Å². The molecule has 48 heavy (non-hydrogen) atoms. The Morgan fingerprint density at radius 3 is 1.71 bits per heavy atom. The number of carbonyl (C=O) groups excluding carboxylic acids is 2. The van der Waals surface area contributed by atoms with Crippen molar-refractivity contribution in [2.45, 2.75) is 66.3 Å². The van der Waals surface area contributed by atoms with Gasteiger partial charge in [-0.25, -0.2) is 0 Å². The number of hydrogen-bond donors (Lipinski definition) is 0. The first-order valence-corrected chi connectivity index (χ1v) is 15.8. The second-order valence-electron chi connectivity index (χ2n) is 11.4. The fourth-order valence-corrected chi connectivity index (χ4v) is 5.51. The van der Waals surface area contributed by atoms with Gasteiger partial charge in [0, 0.05) is 23.1 Å². The van der Waals surface area contributed by atoms with E-state index in [0.29, 0.717) is 33.8 Å². The van der Waals surface area contributed by atoms with E-state index < -0.39 is 11.8 Å². The van der Waals surface area contributed by atoms with Gasteiger partial charge in [0.15, 0.2) is 28.8 Å². The van der Waals surface area contributed by atoms with Crippen molar-refractivity contribution < 1.29 is 72.7 Å². The number of fused-ring (bicyclic) bond motifs is 1. The van der Waals surface area contributed by atoms with E-state index in [1.54, 1.807) is 30.3 Å². The Hall–Kier alpha value is -3.84. The normalized spacial score (nSPS) is 11.7. The topological polar surface area (TPSA) is 138 Å². The second-order valence-corrected chi connectivity index (χ2v) is 12.0. The van der Waals surface area contributed by atoms with Gasteiger partial charge in [0.2, 0.25) is 11.5 Å². The first-order valence-electron chi connectivity index (χ1n) is 15.0. The van der Waals surface area contributed by atoms with Crippen LogP contribution in [0.15, 0.2) is 48.0 Å². The molecule has 1 heterocycles. The largest absolute Gasteiger partial charge is 1.00 e. The summed E-state index contributed by atoms with van der Waals surface area (Å²) >= 11 is 1.00. The molecule has 13 heteroatoms. The van der Waals surface area contributed by atoms with Crippen LogP contribution in [0.3, 0.4) is 0 Å². The molecule has 250 valence electrons. The minimum Gasteiger partial charge on any atom is -0.545 e. The summed E-state index contributed by atoms with van der Waals surface area (Å²) in [6, 6.07) is 11.2. The van der Waals surface area contributed by atoms with Crippen LogP contribution in [0, 0.1) is 0 Å². The van der Waals surface area contributed by atoms with Crippen LogP contribution in [0.2, 0.25) is 0 Å².